The van der Waals surface area contributed by atoms with Gasteiger partial charge >= 0.3 is 0 Å². The first-order valence-corrected chi connectivity index (χ1v) is 14.1. The second-order valence-electron chi connectivity index (χ2n) is 9.78. The molecular formula is C28H25Br2ClN4O5. The van der Waals surface area contributed by atoms with E-state index < -0.39 is 10.3 Å². The standard InChI is InChI=1S/C28H25Br2ClN4O5/c1-5-39-22-12-17(23(30)24(31)25(22)40-15-16-7-6-8-19(11-16)35(37)38)14-32-34-26(36)20-13-18(29)9-10-21(20)33-27(34)28(2,3)4/h6-14H,5,15H2,1-4H3. The first kappa shape index (κ1) is 29.7. The van der Waals surface area contributed by atoms with Gasteiger partial charge in [-0.15, -0.1) is 0 Å². The van der Waals surface area contributed by atoms with Crippen LogP contribution in [0.25, 0.3) is 10.9 Å². The van der Waals surface area contributed by atoms with Crippen LogP contribution in [0.3, 0.4) is 0 Å². The van der Waals surface area contributed by atoms with Gasteiger partial charge in [0, 0.05) is 32.1 Å². The van der Waals surface area contributed by atoms with Crippen LogP contribution in [0.4, 0.5) is 5.69 Å². The Morgan fingerprint density at radius 3 is 2.58 bits per heavy atom. The molecule has 0 aliphatic heterocycles. The summed E-state index contributed by atoms with van der Waals surface area (Å²) in [6.07, 6.45) is 1.50. The molecule has 0 spiro atoms. The lowest BCUT2D eigenvalue weighted by Gasteiger charge is -2.21. The topological polar surface area (TPSA) is 109 Å². The summed E-state index contributed by atoms with van der Waals surface area (Å²) in [6.45, 7) is 8.06. The van der Waals surface area contributed by atoms with E-state index in [0.717, 1.165) is 4.47 Å². The highest BCUT2D eigenvalue weighted by Gasteiger charge is 2.23. The number of fused-ring (bicyclic) bond motifs is 1. The summed E-state index contributed by atoms with van der Waals surface area (Å²) in [6, 6.07) is 13.2. The smallest absolute Gasteiger partial charge is 0.282 e. The summed E-state index contributed by atoms with van der Waals surface area (Å²) in [5.74, 6) is 1.11. The fraction of sp³-hybridized carbons (Fsp3) is 0.250. The van der Waals surface area contributed by atoms with Gasteiger partial charge in [0.15, 0.2) is 11.5 Å². The molecule has 0 aliphatic rings. The van der Waals surface area contributed by atoms with Crippen LogP contribution < -0.4 is 15.0 Å². The summed E-state index contributed by atoms with van der Waals surface area (Å²) in [4.78, 5) is 28.9. The lowest BCUT2D eigenvalue weighted by Crippen LogP contribution is -2.29. The molecule has 0 fully saturated rings. The first-order chi connectivity index (χ1) is 18.9. The largest absolute Gasteiger partial charge is 0.490 e. The molecule has 0 aliphatic carbocycles. The Bertz CT molecular complexity index is 1700. The van der Waals surface area contributed by atoms with Crippen LogP contribution in [-0.2, 0) is 12.0 Å². The number of rotatable bonds is 8. The maximum atomic E-state index is 13.5. The molecule has 0 radical (unpaired) electrons. The quantitative estimate of drug-likeness (QED) is 0.107. The molecule has 0 unspecified atom stereocenters. The third-order valence-electron chi connectivity index (χ3n) is 5.75. The summed E-state index contributed by atoms with van der Waals surface area (Å²) in [5, 5.41) is 16.3. The zero-order valence-electron chi connectivity index (χ0n) is 22.1. The second kappa shape index (κ2) is 12.1. The zero-order chi connectivity index (χ0) is 29.2. The van der Waals surface area contributed by atoms with Crippen molar-refractivity contribution in [3.05, 3.63) is 99.9 Å². The Morgan fingerprint density at radius 2 is 1.90 bits per heavy atom. The van der Waals surface area contributed by atoms with Gasteiger partial charge in [-0.05, 0) is 52.7 Å². The maximum Gasteiger partial charge on any atom is 0.282 e. The van der Waals surface area contributed by atoms with Crippen molar-refractivity contribution >= 4 is 66.3 Å². The minimum Gasteiger partial charge on any atom is -0.490 e. The number of aromatic nitrogens is 2. The molecule has 40 heavy (non-hydrogen) atoms. The van der Waals surface area contributed by atoms with Crippen molar-refractivity contribution in [1.82, 2.24) is 9.66 Å². The predicted octanol–water partition coefficient (Wildman–Crippen LogP) is 7.64. The Kier molecular flexibility index (Phi) is 8.96. The van der Waals surface area contributed by atoms with Gasteiger partial charge in [0.2, 0.25) is 0 Å². The molecule has 4 rings (SSSR count). The molecule has 0 bridgehead atoms. The van der Waals surface area contributed by atoms with Gasteiger partial charge in [0.1, 0.15) is 17.5 Å². The zero-order valence-corrected chi connectivity index (χ0v) is 26.0. The molecule has 0 atom stereocenters. The van der Waals surface area contributed by atoms with E-state index >= 15 is 0 Å². The van der Waals surface area contributed by atoms with E-state index in [9.17, 15) is 14.9 Å². The van der Waals surface area contributed by atoms with E-state index in [-0.39, 0.29) is 28.6 Å². The molecule has 0 N–H and O–H groups in total. The van der Waals surface area contributed by atoms with E-state index in [0.29, 0.717) is 44.7 Å². The number of nitrogens with zero attached hydrogens (tertiary/aromatic N) is 4. The summed E-state index contributed by atoms with van der Waals surface area (Å²) in [7, 11) is 0. The molecule has 1 aromatic heterocycles. The van der Waals surface area contributed by atoms with Gasteiger partial charge in [-0.25, -0.2) is 4.98 Å². The highest BCUT2D eigenvalue weighted by atomic mass is 79.9. The van der Waals surface area contributed by atoms with Crippen LogP contribution in [0.15, 0.2) is 67.4 Å². The molecular weight excluding hydrogens is 668 g/mol. The number of nitro groups is 1. The molecule has 0 saturated carbocycles. The van der Waals surface area contributed by atoms with Crippen LogP contribution in [0, 0.1) is 10.1 Å². The highest BCUT2D eigenvalue weighted by molar-refractivity contribution is 9.10. The SMILES string of the molecule is CCOc1cc(C=Nn2c(C(C)(C)C)nc3ccc(Br)cc3c2=O)c(Br)c(Cl)c1OCc1cccc([N+](=O)[O-])c1. The van der Waals surface area contributed by atoms with Crippen molar-refractivity contribution in [1.29, 1.82) is 0 Å². The monoisotopic (exact) mass is 690 g/mol. The number of nitro benzene ring substituents is 1. The minimum absolute atomic E-state index is 0.0318. The van der Waals surface area contributed by atoms with Gasteiger partial charge in [-0.3, -0.25) is 14.9 Å². The van der Waals surface area contributed by atoms with E-state index in [1.807, 2.05) is 33.8 Å². The van der Waals surface area contributed by atoms with Crippen molar-refractivity contribution in [3.63, 3.8) is 0 Å². The van der Waals surface area contributed by atoms with Crippen molar-refractivity contribution in [3.8, 4) is 11.5 Å². The summed E-state index contributed by atoms with van der Waals surface area (Å²) in [5.41, 5.74) is 0.892. The second-order valence-corrected chi connectivity index (χ2v) is 11.9. The first-order valence-electron chi connectivity index (χ1n) is 12.2. The van der Waals surface area contributed by atoms with Crippen LogP contribution in [0.5, 0.6) is 11.5 Å². The minimum atomic E-state index is -0.479. The Morgan fingerprint density at radius 1 is 1.15 bits per heavy atom. The van der Waals surface area contributed by atoms with Gasteiger partial charge in [-0.1, -0.05) is 60.4 Å². The van der Waals surface area contributed by atoms with Gasteiger partial charge in [-0.2, -0.15) is 9.78 Å². The highest BCUT2D eigenvalue weighted by Crippen LogP contribution is 2.42. The lowest BCUT2D eigenvalue weighted by atomic mass is 9.95. The Labute approximate surface area is 252 Å². The summed E-state index contributed by atoms with van der Waals surface area (Å²) >= 11 is 13.6. The van der Waals surface area contributed by atoms with E-state index in [4.69, 9.17) is 26.1 Å². The van der Waals surface area contributed by atoms with Crippen LogP contribution in [0.1, 0.15) is 44.6 Å². The van der Waals surface area contributed by atoms with Crippen LogP contribution >= 0.6 is 43.5 Å². The molecule has 1 heterocycles. The Balaban J connectivity index is 1.76. The van der Waals surface area contributed by atoms with Crippen LogP contribution in [-0.4, -0.2) is 27.4 Å². The van der Waals surface area contributed by atoms with E-state index in [2.05, 4.69) is 37.0 Å². The van der Waals surface area contributed by atoms with Crippen molar-refractivity contribution in [2.75, 3.05) is 6.61 Å². The lowest BCUT2D eigenvalue weighted by molar-refractivity contribution is -0.384. The van der Waals surface area contributed by atoms with Crippen LogP contribution in [0.2, 0.25) is 5.02 Å². The molecule has 9 nitrogen and oxygen atoms in total. The number of ether oxygens (including phenoxy) is 2. The molecule has 4 aromatic rings. The molecule has 12 heteroatoms. The molecule has 0 saturated heterocycles. The summed E-state index contributed by atoms with van der Waals surface area (Å²) < 4.78 is 14.3. The van der Waals surface area contributed by atoms with Crippen molar-refractivity contribution in [2.24, 2.45) is 5.10 Å². The maximum absolute atomic E-state index is 13.5. The molecule has 0 amide bonds. The molecule has 208 valence electrons. The van der Waals surface area contributed by atoms with E-state index in [1.165, 1.54) is 23.0 Å². The predicted molar refractivity (Wildman–Crippen MR) is 163 cm³/mol. The number of benzene rings is 3. The van der Waals surface area contributed by atoms with Gasteiger partial charge in [0.25, 0.3) is 11.2 Å². The Hall–Kier alpha value is -3.28. The van der Waals surface area contributed by atoms with Gasteiger partial charge in [0.05, 0.1) is 28.6 Å². The molecule has 3 aromatic carbocycles. The fourth-order valence-electron chi connectivity index (χ4n) is 3.87. The third kappa shape index (κ3) is 6.37. The fourth-order valence-corrected chi connectivity index (χ4v) is 4.89. The normalized spacial score (nSPS) is 11.8. The third-order valence-corrected chi connectivity index (χ3v) is 7.69. The average Bonchev–Trinajstić information content (AvgIpc) is 2.90. The average molecular weight is 693 g/mol. The number of non-ortho nitro benzene ring substituents is 1. The number of hydrogen-bond acceptors (Lipinski definition) is 7. The number of halogens is 3. The number of hydrogen-bond donors (Lipinski definition) is 0. The van der Waals surface area contributed by atoms with Crippen molar-refractivity contribution in [2.45, 2.75) is 39.7 Å². The van der Waals surface area contributed by atoms with Crippen molar-refractivity contribution < 1.29 is 14.4 Å². The van der Waals surface area contributed by atoms with Gasteiger partial charge < -0.3 is 9.47 Å². The van der Waals surface area contributed by atoms with E-state index in [1.54, 1.807) is 30.3 Å².